The Balaban J connectivity index is 0. The van der Waals surface area contributed by atoms with E-state index in [4.69, 9.17) is 14.0 Å². The standard InChI is InChI=1S/C16H30O7S.Na.H/c1-12(2)7-5-9-22-15(17)11-14(24(19,20)21)16(18)23-10-6-8-13(3)4;;/h12-14H,5-11H2,1-4H3,(H,19,20,21);;. The Morgan fingerprint density at radius 1 is 0.920 bits per heavy atom. The summed E-state index contributed by atoms with van der Waals surface area (Å²) in [6.07, 6.45) is 2.18. The van der Waals surface area contributed by atoms with Crippen molar-refractivity contribution >= 4 is 51.6 Å². The van der Waals surface area contributed by atoms with E-state index >= 15 is 0 Å². The molecule has 0 bridgehead atoms. The van der Waals surface area contributed by atoms with Crippen LogP contribution in [0.15, 0.2) is 0 Å². The number of ether oxygens (including phenoxy) is 2. The Kier molecular flexibility index (Phi) is 15.1. The Bertz CT molecular complexity index is 489. The summed E-state index contributed by atoms with van der Waals surface area (Å²) in [5, 5.41) is -1.94. The monoisotopic (exact) mass is 390 g/mol. The number of carbonyl (C=O) groups excluding carboxylic acids is 2. The predicted molar refractivity (Wildman–Crippen MR) is 97.2 cm³/mol. The molecule has 0 spiro atoms. The quantitative estimate of drug-likeness (QED) is 0.235. The maximum atomic E-state index is 11.8. The molecular weight excluding hydrogens is 359 g/mol. The van der Waals surface area contributed by atoms with E-state index in [0.29, 0.717) is 24.7 Å². The summed E-state index contributed by atoms with van der Waals surface area (Å²) in [6.45, 7) is 8.29. The second-order valence-corrected chi connectivity index (χ2v) is 8.27. The zero-order valence-corrected chi connectivity index (χ0v) is 15.8. The summed E-state index contributed by atoms with van der Waals surface area (Å²) in [5.74, 6) is -1.07. The van der Waals surface area contributed by atoms with Gasteiger partial charge in [-0.05, 0) is 37.5 Å². The number of rotatable bonds is 12. The summed E-state index contributed by atoms with van der Waals surface area (Å²) < 4.78 is 41.5. The third-order valence-corrected chi connectivity index (χ3v) is 4.41. The van der Waals surface area contributed by atoms with Gasteiger partial charge in [-0.2, -0.15) is 8.42 Å². The van der Waals surface area contributed by atoms with Gasteiger partial charge in [0, 0.05) is 0 Å². The van der Waals surface area contributed by atoms with E-state index in [0.717, 1.165) is 12.8 Å². The van der Waals surface area contributed by atoms with Gasteiger partial charge in [-0.15, -0.1) is 0 Å². The molecule has 0 radical (unpaired) electrons. The molecule has 0 saturated heterocycles. The first-order chi connectivity index (χ1) is 11.0. The number of hydrogen-bond acceptors (Lipinski definition) is 6. The van der Waals surface area contributed by atoms with Crippen molar-refractivity contribution in [2.45, 2.75) is 65.0 Å². The van der Waals surface area contributed by atoms with E-state index in [1.165, 1.54) is 0 Å². The van der Waals surface area contributed by atoms with Crippen LogP contribution in [0.25, 0.3) is 0 Å². The van der Waals surface area contributed by atoms with Crippen LogP contribution in [0.1, 0.15) is 59.8 Å². The summed E-state index contributed by atoms with van der Waals surface area (Å²) in [5.41, 5.74) is 0. The Morgan fingerprint density at radius 2 is 1.36 bits per heavy atom. The fourth-order valence-electron chi connectivity index (χ4n) is 1.96. The van der Waals surface area contributed by atoms with Gasteiger partial charge in [-0.25, -0.2) is 0 Å². The molecule has 0 heterocycles. The van der Waals surface area contributed by atoms with Gasteiger partial charge in [0.15, 0.2) is 5.25 Å². The van der Waals surface area contributed by atoms with E-state index in [9.17, 15) is 18.0 Å². The van der Waals surface area contributed by atoms with Gasteiger partial charge in [0.25, 0.3) is 10.1 Å². The molecule has 0 aromatic carbocycles. The molecule has 25 heavy (non-hydrogen) atoms. The van der Waals surface area contributed by atoms with Crippen molar-refractivity contribution in [3.8, 4) is 0 Å². The molecule has 0 saturated carbocycles. The maximum absolute atomic E-state index is 11.8. The van der Waals surface area contributed by atoms with Crippen LogP contribution in [0, 0.1) is 11.8 Å². The molecule has 0 aliphatic rings. The second-order valence-electron chi connectivity index (χ2n) is 6.67. The van der Waals surface area contributed by atoms with Crippen molar-refractivity contribution in [2.24, 2.45) is 11.8 Å². The van der Waals surface area contributed by atoms with Crippen molar-refractivity contribution in [1.29, 1.82) is 0 Å². The molecule has 0 fully saturated rings. The first kappa shape index (κ1) is 27.1. The molecule has 0 aromatic heterocycles. The molecule has 1 N–H and O–H groups in total. The van der Waals surface area contributed by atoms with Gasteiger partial charge in [0.1, 0.15) is 0 Å². The SMILES string of the molecule is CC(C)CCCOC(=O)CC(C(=O)OCCCC(C)C)S(=O)(=O)O.[NaH]. The molecule has 0 aliphatic carbocycles. The molecule has 1 unspecified atom stereocenters. The average molecular weight is 390 g/mol. The van der Waals surface area contributed by atoms with E-state index in [2.05, 4.69) is 0 Å². The number of esters is 2. The van der Waals surface area contributed by atoms with Gasteiger partial charge < -0.3 is 9.47 Å². The van der Waals surface area contributed by atoms with Gasteiger partial charge in [0.05, 0.1) is 19.6 Å². The van der Waals surface area contributed by atoms with Crippen LogP contribution in [0.4, 0.5) is 0 Å². The summed E-state index contributed by atoms with van der Waals surface area (Å²) in [6, 6.07) is 0. The van der Waals surface area contributed by atoms with Gasteiger partial charge >= 0.3 is 41.5 Å². The minimum absolute atomic E-state index is 0. The fourth-order valence-corrected chi connectivity index (χ4v) is 2.61. The number of hydrogen-bond donors (Lipinski definition) is 1. The van der Waals surface area contributed by atoms with E-state index in [1.54, 1.807) is 0 Å². The predicted octanol–water partition coefficient (Wildman–Crippen LogP) is 1.94. The second kappa shape index (κ2) is 14.0. The van der Waals surface area contributed by atoms with Crippen LogP contribution in [0.3, 0.4) is 0 Å². The molecule has 0 rings (SSSR count). The van der Waals surface area contributed by atoms with Gasteiger partial charge in [-0.3, -0.25) is 14.1 Å². The van der Waals surface area contributed by atoms with Gasteiger partial charge in [0.2, 0.25) is 0 Å². The molecule has 9 heteroatoms. The van der Waals surface area contributed by atoms with E-state index in [1.807, 2.05) is 27.7 Å². The van der Waals surface area contributed by atoms with Crippen LogP contribution < -0.4 is 0 Å². The van der Waals surface area contributed by atoms with Crippen molar-refractivity contribution < 1.29 is 32.0 Å². The Morgan fingerprint density at radius 3 is 1.76 bits per heavy atom. The zero-order chi connectivity index (χ0) is 18.8. The minimum atomic E-state index is -4.73. The van der Waals surface area contributed by atoms with Crippen LogP contribution in [-0.2, 0) is 29.2 Å². The molecule has 0 aromatic rings. The first-order valence-corrected chi connectivity index (χ1v) is 9.83. The summed E-state index contributed by atoms with van der Waals surface area (Å²) in [4.78, 5) is 23.5. The Labute approximate surface area is 173 Å². The first-order valence-electron chi connectivity index (χ1n) is 8.32. The van der Waals surface area contributed by atoms with Crippen molar-refractivity contribution in [1.82, 2.24) is 0 Å². The van der Waals surface area contributed by atoms with Crippen molar-refractivity contribution in [3.63, 3.8) is 0 Å². The van der Waals surface area contributed by atoms with Crippen LogP contribution in [0.2, 0.25) is 0 Å². The molecule has 0 amide bonds. The van der Waals surface area contributed by atoms with Crippen molar-refractivity contribution in [3.05, 3.63) is 0 Å². The third kappa shape index (κ3) is 14.7. The molecule has 144 valence electrons. The molecule has 7 nitrogen and oxygen atoms in total. The zero-order valence-electron chi connectivity index (χ0n) is 15.0. The molecule has 1 atom stereocenters. The topological polar surface area (TPSA) is 107 Å². The number of carbonyl (C=O) groups is 2. The van der Waals surface area contributed by atoms with Crippen LogP contribution in [-0.4, -0.2) is 72.9 Å². The van der Waals surface area contributed by atoms with E-state index < -0.39 is 33.7 Å². The van der Waals surface area contributed by atoms with Crippen LogP contribution >= 0.6 is 0 Å². The Hall–Kier alpha value is -0.150. The fraction of sp³-hybridized carbons (Fsp3) is 0.875. The van der Waals surface area contributed by atoms with E-state index in [-0.39, 0.29) is 42.8 Å². The molecular formula is C16H31NaO7S. The third-order valence-electron chi connectivity index (χ3n) is 3.33. The van der Waals surface area contributed by atoms with Crippen molar-refractivity contribution in [2.75, 3.05) is 13.2 Å². The normalized spacial score (nSPS) is 12.6. The van der Waals surface area contributed by atoms with Gasteiger partial charge in [-0.1, -0.05) is 27.7 Å². The average Bonchev–Trinajstić information content (AvgIpc) is 2.43. The summed E-state index contributed by atoms with van der Waals surface area (Å²) in [7, 11) is -4.73. The summed E-state index contributed by atoms with van der Waals surface area (Å²) >= 11 is 0. The molecule has 0 aliphatic heterocycles. The van der Waals surface area contributed by atoms with Crippen LogP contribution in [0.5, 0.6) is 0 Å².